The van der Waals surface area contributed by atoms with Crippen molar-refractivity contribution in [2.24, 2.45) is 0 Å². The molecule has 1 aromatic rings. The van der Waals surface area contributed by atoms with Gasteiger partial charge in [-0.25, -0.2) is 0 Å². The predicted molar refractivity (Wildman–Crippen MR) is 65.3 cm³/mol. The Morgan fingerprint density at radius 1 is 1.47 bits per heavy atom. The Labute approximate surface area is 101 Å². The summed E-state index contributed by atoms with van der Waals surface area (Å²) in [6.07, 6.45) is 5.41. The summed E-state index contributed by atoms with van der Waals surface area (Å²) in [5.41, 5.74) is -0.467. The van der Waals surface area contributed by atoms with Crippen molar-refractivity contribution in [3.8, 4) is 12.3 Å². The zero-order chi connectivity index (χ0) is 12.7. The first kappa shape index (κ1) is 13.3. The number of esters is 1. The van der Waals surface area contributed by atoms with Crippen molar-refractivity contribution in [3.63, 3.8) is 0 Å². The summed E-state index contributed by atoms with van der Waals surface area (Å²) in [6.45, 7) is 1.62. The van der Waals surface area contributed by atoms with E-state index in [0.717, 1.165) is 0 Å². The van der Waals surface area contributed by atoms with Gasteiger partial charge in [-0.1, -0.05) is 30.3 Å². The molecule has 1 atom stereocenters. The van der Waals surface area contributed by atoms with Crippen LogP contribution in [-0.4, -0.2) is 24.3 Å². The van der Waals surface area contributed by atoms with Gasteiger partial charge in [0.2, 0.25) is 0 Å². The highest BCUT2D eigenvalue weighted by atomic mass is 16.5. The first-order valence-corrected chi connectivity index (χ1v) is 5.48. The molecule has 3 nitrogen and oxygen atoms in total. The van der Waals surface area contributed by atoms with E-state index in [1.54, 1.807) is 31.2 Å². The maximum atomic E-state index is 12.0. The number of carbonyl (C=O) groups is 1. The number of terminal acetylenes is 1. The van der Waals surface area contributed by atoms with Crippen LogP contribution in [0.25, 0.3) is 0 Å². The molecule has 0 aromatic heterocycles. The van der Waals surface area contributed by atoms with E-state index >= 15 is 0 Å². The van der Waals surface area contributed by atoms with Crippen molar-refractivity contribution in [2.75, 3.05) is 13.2 Å². The largest absolute Gasteiger partial charge is 0.465 e. The lowest BCUT2D eigenvalue weighted by atomic mass is 9.78. The molecular weight excluding hydrogens is 216 g/mol. The molecule has 0 saturated carbocycles. The van der Waals surface area contributed by atoms with Crippen LogP contribution in [-0.2, 0) is 14.9 Å². The van der Waals surface area contributed by atoms with Gasteiger partial charge in [0, 0.05) is 6.42 Å². The zero-order valence-electron chi connectivity index (χ0n) is 9.85. The molecule has 0 aliphatic heterocycles. The van der Waals surface area contributed by atoms with E-state index < -0.39 is 11.4 Å². The maximum absolute atomic E-state index is 12.0. The molecule has 1 N–H and O–H groups in total. The van der Waals surface area contributed by atoms with Crippen LogP contribution in [0.1, 0.15) is 18.9 Å². The van der Waals surface area contributed by atoms with Gasteiger partial charge in [0.25, 0.3) is 0 Å². The molecule has 0 fully saturated rings. The summed E-state index contributed by atoms with van der Waals surface area (Å²) < 4.78 is 5.01. The third kappa shape index (κ3) is 2.66. The van der Waals surface area contributed by atoms with Crippen molar-refractivity contribution in [3.05, 3.63) is 35.9 Å². The van der Waals surface area contributed by atoms with Gasteiger partial charge in [-0.05, 0) is 12.5 Å². The minimum absolute atomic E-state index is 0.117. The van der Waals surface area contributed by atoms with E-state index in [1.165, 1.54) is 0 Å². The molecule has 0 radical (unpaired) electrons. The average Bonchev–Trinajstić information content (AvgIpc) is 2.37. The number of hydrogen-bond acceptors (Lipinski definition) is 3. The smallest absolute Gasteiger partial charge is 0.319 e. The molecule has 0 saturated heterocycles. The molecule has 1 unspecified atom stereocenters. The molecule has 0 heterocycles. The van der Waals surface area contributed by atoms with Crippen LogP contribution in [0.5, 0.6) is 0 Å². The number of aliphatic hydroxyl groups is 1. The molecule has 0 amide bonds. The average molecular weight is 232 g/mol. The summed E-state index contributed by atoms with van der Waals surface area (Å²) >= 11 is 0. The minimum Gasteiger partial charge on any atom is -0.465 e. The van der Waals surface area contributed by atoms with Gasteiger partial charge in [0.15, 0.2) is 0 Å². The molecule has 0 aliphatic carbocycles. The molecule has 3 heteroatoms. The second-order valence-corrected chi connectivity index (χ2v) is 3.71. The van der Waals surface area contributed by atoms with Crippen molar-refractivity contribution in [2.45, 2.75) is 18.8 Å². The van der Waals surface area contributed by atoms with Crippen molar-refractivity contribution >= 4 is 5.97 Å². The van der Waals surface area contributed by atoms with Gasteiger partial charge >= 0.3 is 5.97 Å². The quantitative estimate of drug-likeness (QED) is 0.618. The Balaban J connectivity index is 3.18. The van der Waals surface area contributed by atoms with Crippen molar-refractivity contribution in [1.82, 2.24) is 0 Å². The topological polar surface area (TPSA) is 46.5 Å². The van der Waals surface area contributed by atoms with E-state index in [0.29, 0.717) is 5.56 Å². The van der Waals surface area contributed by atoms with Crippen LogP contribution in [0.3, 0.4) is 0 Å². The fourth-order valence-corrected chi connectivity index (χ4v) is 1.70. The Morgan fingerprint density at radius 3 is 2.59 bits per heavy atom. The van der Waals surface area contributed by atoms with Crippen LogP contribution in [0.2, 0.25) is 0 Å². The van der Waals surface area contributed by atoms with Crippen molar-refractivity contribution in [1.29, 1.82) is 0 Å². The van der Waals surface area contributed by atoms with E-state index in [4.69, 9.17) is 11.2 Å². The normalized spacial score (nSPS) is 13.5. The minimum atomic E-state index is -1.15. The number of aliphatic hydroxyl groups excluding tert-OH is 1. The number of carbonyl (C=O) groups excluding carboxylic acids is 1. The summed E-state index contributed by atoms with van der Waals surface area (Å²) in [4.78, 5) is 12.0. The molecule has 90 valence electrons. The van der Waals surface area contributed by atoms with E-state index in [9.17, 15) is 9.90 Å². The molecule has 1 rings (SSSR count). The lowest BCUT2D eigenvalue weighted by Crippen LogP contribution is -2.40. The summed E-state index contributed by atoms with van der Waals surface area (Å²) in [5.74, 6) is 1.96. The highest BCUT2D eigenvalue weighted by Gasteiger charge is 2.40. The van der Waals surface area contributed by atoms with Gasteiger partial charge in [-0.3, -0.25) is 4.79 Å². The first-order valence-electron chi connectivity index (χ1n) is 5.48. The summed E-state index contributed by atoms with van der Waals surface area (Å²) in [7, 11) is 0. The molecule has 17 heavy (non-hydrogen) atoms. The van der Waals surface area contributed by atoms with Gasteiger partial charge in [0.1, 0.15) is 5.41 Å². The van der Waals surface area contributed by atoms with E-state index in [1.807, 2.05) is 6.07 Å². The number of hydrogen-bond donors (Lipinski definition) is 1. The third-order valence-electron chi connectivity index (χ3n) is 2.67. The van der Waals surface area contributed by atoms with Crippen LogP contribution in [0.4, 0.5) is 0 Å². The Morgan fingerprint density at radius 2 is 2.12 bits per heavy atom. The molecule has 1 aromatic carbocycles. The summed E-state index contributed by atoms with van der Waals surface area (Å²) in [6, 6.07) is 8.98. The Kier molecular flexibility index (Phi) is 4.74. The maximum Gasteiger partial charge on any atom is 0.319 e. The molecule has 0 bridgehead atoms. The fraction of sp³-hybridized carbons (Fsp3) is 0.357. The molecular formula is C14H16O3. The Hall–Kier alpha value is -1.79. The van der Waals surface area contributed by atoms with Crippen LogP contribution in [0.15, 0.2) is 30.3 Å². The van der Waals surface area contributed by atoms with Gasteiger partial charge in [-0.15, -0.1) is 12.3 Å². The monoisotopic (exact) mass is 232 g/mol. The van der Waals surface area contributed by atoms with Crippen LogP contribution >= 0.6 is 0 Å². The lowest BCUT2D eigenvalue weighted by molar-refractivity contribution is -0.151. The van der Waals surface area contributed by atoms with E-state index in [-0.39, 0.29) is 19.6 Å². The van der Waals surface area contributed by atoms with Gasteiger partial charge < -0.3 is 9.84 Å². The molecule has 0 spiro atoms. The highest BCUT2D eigenvalue weighted by Crippen LogP contribution is 2.29. The lowest BCUT2D eigenvalue weighted by Gasteiger charge is -2.27. The second kappa shape index (κ2) is 6.07. The zero-order valence-corrected chi connectivity index (χ0v) is 9.85. The number of benzene rings is 1. The summed E-state index contributed by atoms with van der Waals surface area (Å²) in [5, 5.41) is 9.56. The van der Waals surface area contributed by atoms with Crippen LogP contribution in [0, 0.1) is 12.3 Å². The number of ether oxygens (including phenoxy) is 1. The fourth-order valence-electron chi connectivity index (χ4n) is 1.70. The van der Waals surface area contributed by atoms with Crippen molar-refractivity contribution < 1.29 is 14.6 Å². The second-order valence-electron chi connectivity index (χ2n) is 3.71. The Bertz CT molecular complexity index is 405. The van der Waals surface area contributed by atoms with Gasteiger partial charge in [0.05, 0.1) is 13.2 Å². The third-order valence-corrected chi connectivity index (χ3v) is 2.67. The first-order chi connectivity index (χ1) is 8.21. The molecule has 0 aliphatic rings. The number of rotatable bonds is 5. The SMILES string of the molecule is C#CCC(CO)(C(=O)OCC)c1ccccc1. The highest BCUT2D eigenvalue weighted by molar-refractivity contribution is 5.84. The standard InChI is InChI=1S/C14H16O3/c1-3-10-14(11-15,13(16)17-4-2)12-8-6-5-7-9-12/h1,5-9,15H,4,10-11H2,2H3. The van der Waals surface area contributed by atoms with E-state index in [2.05, 4.69) is 5.92 Å². The predicted octanol–water partition coefficient (Wildman–Crippen LogP) is 1.50. The van der Waals surface area contributed by atoms with Gasteiger partial charge in [-0.2, -0.15) is 0 Å². The van der Waals surface area contributed by atoms with Crippen LogP contribution < -0.4 is 0 Å².